The quantitative estimate of drug-likeness (QED) is 0.891. The molecule has 0 saturated heterocycles. The molecular weight excluding hydrogens is 291 g/mol. The summed E-state index contributed by atoms with van der Waals surface area (Å²) in [7, 11) is -3.71. The van der Waals surface area contributed by atoms with E-state index in [4.69, 9.17) is 5.73 Å². The Morgan fingerprint density at radius 3 is 2.47 bits per heavy atom. The van der Waals surface area contributed by atoms with Gasteiger partial charge in [0.15, 0.2) is 0 Å². The van der Waals surface area contributed by atoms with Crippen molar-refractivity contribution >= 4 is 22.4 Å². The van der Waals surface area contributed by atoms with Gasteiger partial charge in [-0.05, 0) is 31.0 Å². The van der Waals surface area contributed by atoms with Crippen molar-refractivity contribution in [2.24, 2.45) is 5.73 Å². The summed E-state index contributed by atoms with van der Waals surface area (Å²) < 4.78 is 40.1. The Morgan fingerprint density at radius 2 is 1.95 bits per heavy atom. The summed E-state index contributed by atoms with van der Waals surface area (Å²) >= 11 is 0. The Balaban J connectivity index is 0.00000180. The number of sulfonamides is 1. The van der Waals surface area contributed by atoms with Crippen molar-refractivity contribution in [1.82, 2.24) is 4.72 Å². The van der Waals surface area contributed by atoms with Crippen molar-refractivity contribution in [2.45, 2.75) is 36.1 Å². The molecule has 1 aliphatic carbocycles. The third kappa shape index (κ3) is 3.66. The molecule has 0 atom stereocenters. The summed E-state index contributed by atoms with van der Waals surface area (Å²) in [5.74, 6) is -0.564. The minimum Gasteiger partial charge on any atom is -0.329 e. The Hall–Kier alpha value is -0.690. The van der Waals surface area contributed by atoms with Crippen molar-refractivity contribution < 1.29 is 12.8 Å². The normalized spacial score (nSPS) is 18.0. The highest BCUT2D eigenvalue weighted by Crippen LogP contribution is 2.30. The van der Waals surface area contributed by atoms with Crippen LogP contribution in [0.15, 0.2) is 29.2 Å². The number of nitrogens with one attached hydrogen (secondary N) is 1. The summed E-state index contributed by atoms with van der Waals surface area (Å²) in [5, 5.41) is 0. The molecule has 2 rings (SSSR count). The van der Waals surface area contributed by atoms with Crippen LogP contribution in [0.3, 0.4) is 0 Å². The highest BCUT2D eigenvalue weighted by Gasteiger charge is 2.36. The zero-order chi connectivity index (χ0) is 13.2. The fourth-order valence-corrected chi connectivity index (χ4v) is 3.88. The van der Waals surface area contributed by atoms with E-state index in [1.165, 1.54) is 18.2 Å². The van der Waals surface area contributed by atoms with Crippen LogP contribution in [0.5, 0.6) is 0 Å². The van der Waals surface area contributed by atoms with E-state index in [9.17, 15) is 12.8 Å². The topological polar surface area (TPSA) is 72.2 Å². The molecule has 0 aromatic heterocycles. The number of halogens is 2. The zero-order valence-electron chi connectivity index (χ0n) is 10.4. The lowest BCUT2D eigenvalue weighted by Crippen LogP contribution is -2.51. The predicted octanol–water partition coefficient (Wildman–Crippen LogP) is 1.80. The van der Waals surface area contributed by atoms with Gasteiger partial charge in [-0.1, -0.05) is 18.9 Å². The van der Waals surface area contributed by atoms with Gasteiger partial charge in [0.1, 0.15) is 5.82 Å². The molecule has 3 N–H and O–H groups in total. The number of nitrogens with two attached hydrogens (primary N) is 1. The molecular formula is C12H18ClFN2O2S. The number of rotatable bonds is 4. The van der Waals surface area contributed by atoms with Gasteiger partial charge in [0.05, 0.1) is 4.90 Å². The smallest absolute Gasteiger partial charge is 0.241 e. The lowest BCUT2D eigenvalue weighted by atomic mass is 10.0. The lowest BCUT2D eigenvalue weighted by Gasteiger charge is -2.28. The van der Waals surface area contributed by atoms with E-state index in [1.807, 2.05) is 0 Å². The third-order valence-corrected chi connectivity index (χ3v) is 4.98. The van der Waals surface area contributed by atoms with Crippen molar-refractivity contribution in [1.29, 1.82) is 0 Å². The van der Waals surface area contributed by atoms with Gasteiger partial charge in [0.25, 0.3) is 0 Å². The fraction of sp³-hybridized carbons (Fsp3) is 0.500. The highest BCUT2D eigenvalue weighted by molar-refractivity contribution is 7.89. The van der Waals surface area contributed by atoms with Crippen LogP contribution >= 0.6 is 12.4 Å². The monoisotopic (exact) mass is 308 g/mol. The largest absolute Gasteiger partial charge is 0.329 e. The predicted molar refractivity (Wildman–Crippen MR) is 74.2 cm³/mol. The van der Waals surface area contributed by atoms with Gasteiger partial charge < -0.3 is 5.73 Å². The Kier molecular flexibility index (Phi) is 5.32. The maximum atomic E-state index is 13.1. The van der Waals surface area contributed by atoms with E-state index in [0.29, 0.717) is 0 Å². The first-order chi connectivity index (χ1) is 8.47. The number of benzene rings is 1. The minimum atomic E-state index is -3.71. The SMILES string of the molecule is Cl.NCC1(NS(=O)(=O)c2cccc(F)c2)CCCC1. The van der Waals surface area contributed by atoms with Gasteiger partial charge in [-0.15, -0.1) is 12.4 Å². The molecule has 108 valence electrons. The number of hydrogen-bond donors (Lipinski definition) is 2. The van der Waals surface area contributed by atoms with Crippen LogP contribution in [0, 0.1) is 5.82 Å². The second kappa shape index (κ2) is 6.17. The lowest BCUT2D eigenvalue weighted by molar-refractivity contribution is 0.399. The van der Waals surface area contributed by atoms with Crippen LogP contribution in [-0.2, 0) is 10.0 Å². The van der Waals surface area contributed by atoms with Crippen LogP contribution in [0.1, 0.15) is 25.7 Å². The van der Waals surface area contributed by atoms with Crippen LogP contribution < -0.4 is 10.5 Å². The summed E-state index contributed by atoms with van der Waals surface area (Å²) in [4.78, 5) is -0.0535. The molecule has 0 aliphatic heterocycles. The Labute approximate surface area is 119 Å². The molecule has 4 nitrogen and oxygen atoms in total. The van der Waals surface area contributed by atoms with Gasteiger partial charge in [0, 0.05) is 12.1 Å². The third-order valence-electron chi connectivity index (χ3n) is 3.41. The average Bonchev–Trinajstić information content (AvgIpc) is 2.77. The van der Waals surface area contributed by atoms with E-state index in [1.54, 1.807) is 0 Å². The van der Waals surface area contributed by atoms with Crippen molar-refractivity contribution in [3.05, 3.63) is 30.1 Å². The second-order valence-corrected chi connectivity index (χ2v) is 6.44. The molecule has 1 aliphatic rings. The molecule has 1 aromatic rings. The molecule has 1 saturated carbocycles. The second-order valence-electron chi connectivity index (χ2n) is 4.75. The van der Waals surface area contributed by atoms with Crippen LogP contribution in [0.2, 0.25) is 0 Å². The van der Waals surface area contributed by atoms with Gasteiger partial charge in [0.2, 0.25) is 10.0 Å². The highest BCUT2D eigenvalue weighted by atomic mass is 35.5. The van der Waals surface area contributed by atoms with Crippen LogP contribution in [0.25, 0.3) is 0 Å². The van der Waals surface area contributed by atoms with E-state index >= 15 is 0 Å². The summed E-state index contributed by atoms with van der Waals surface area (Å²) in [6.45, 7) is 0.265. The summed E-state index contributed by atoms with van der Waals surface area (Å²) in [6.07, 6.45) is 3.39. The van der Waals surface area contributed by atoms with Gasteiger partial charge >= 0.3 is 0 Å². The van der Waals surface area contributed by atoms with Gasteiger partial charge in [-0.2, -0.15) is 0 Å². The molecule has 1 fully saturated rings. The first kappa shape index (κ1) is 16.4. The van der Waals surface area contributed by atoms with Crippen LogP contribution in [0.4, 0.5) is 4.39 Å². The van der Waals surface area contributed by atoms with Gasteiger partial charge in [-0.25, -0.2) is 17.5 Å². The van der Waals surface area contributed by atoms with Crippen molar-refractivity contribution in [3.63, 3.8) is 0 Å². The standard InChI is InChI=1S/C12H17FN2O2S.ClH/c13-10-4-3-5-11(8-10)18(16,17)15-12(9-14)6-1-2-7-12;/h3-5,8,15H,1-2,6-7,9,14H2;1H. The summed E-state index contributed by atoms with van der Waals surface area (Å²) in [5.41, 5.74) is 5.12. The summed E-state index contributed by atoms with van der Waals surface area (Å²) in [6, 6.07) is 4.99. The van der Waals surface area contributed by atoms with Crippen molar-refractivity contribution in [2.75, 3.05) is 6.54 Å². The minimum absolute atomic E-state index is 0. The molecule has 19 heavy (non-hydrogen) atoms. The molecule has 0 unspecified atom stereocenters. The first-order valence-electron chi connectivity index (χ1n) is 5.97. The molecule has 0 radical (unpaired) electrons. The fourth-order valence-electron chi connectivity index (χ4n) is 2.38. The molecule has 0 spiro atoms. The average molecular weight is 309 g/mol. The van der Waals surface area contributed by atoms with Crippen LogP contribution in [-0.4, -0.2) is 20.5 Å². The Morgan fingerprint density at radius 1 is 1.32 bits per heavy atom. The van der Waals surface area contributed by atoms with Gasteiger partial charge in [-0.3, -0.25) is 0 Å². The number of hydrogen-bond acceptors (Lipinski definition) is 3. The molecule has 7 heteroatoms. The molecule has 0 heterocycles. The van der Waals surface area contributed by atoms with Crippen molar-refractivity contribution in [3.8, 4) is 0 Å². The van der Waals surface area contributed by atoms with E-state index in [0.717, 1.165) is 31.7 Å². The molecule has 1 aromatic carbocycles. The molecule has 0 bridgehead atoms. The Bertz CT molecular complexity index is 530. The maximum absolute atomic E-state index is 13.1. The van der Waals surface area contributed by atoms with E-state index in [-0.39, 0.29) is 23.8 Å². The zero-order valence-corrected chi connectivity index (χ0v) is 12.1. The van der Waals surface area contributed by atoms with E-state index in [2.05, 4.69) is 4.72 Å². The molecule has 0 amide bonds. The maximum Gasteiger partial charge on any atom is 0.241 e. The first-order valence-corrected chi connectivity index (χ1v) is 7.45. The van der Waals surface area contributed by atoms with E-state index < -0.39 is 21.4 Å².